The van der Waals surface area contributed by atoms with Gasteiger partial charge in [0.05, 0.1) is 13.2 Å². The molecule has 174 valence electrons. The normalized spacial score (nSPS) is 20.6. The van der Waals surface area contributed by atoms with Gasteiger partial charge >= 0.3 is 6.09 Å². The molecule has 2 aromatic rings. The topological polar surface area (TPSA) is 77.3 Å². The van der Waals surface area contributed by atoms with E-state index in [1.807, 2.05) is 12.1 Å². The molecule has 1 amide bonds. The Balaban J connectivity index is 1.27. The summed E-state index contributed by atoms with van der Waals surface area (Å²) in [5.74, 6) is 2.92. The highest BCUT2D eigenvalue weighted by atomic mass is 16.6. The van der Waals surface area contributed by atoms with Crippen molar-refractivity contribution in [2.45, 2.75) is 52.2 Å². The monoisotopic (exact) mass is 443 g/mol. The number of hydrogen-bond acceptors (Lipinski definition) is 7. The van der Waals surface area contributed by atoms with Crippen molar-refractivity contribution >= 4 is 6.09 Å². The maximum atomic E-state index is 12.4. The smallest absolute Gasteiger partial charge is 0.415 e. The maximum absolute atomic E-state index is 12.4. The van der Waals surface area contributed by atoms with E-state index >= 15 is 0 Å². The SMILES string of the molecule is COc1c(CN2CCCC2)cccc1OC1CC(CN(C)C(=O)Oc2c(C)noc2C)C1. The van der Waals surface area contributed by atoms with E-state index in [1.54, 1.807) is 32.9 Å². The molecule has 1 aromatic heterocycles. The largest absolute Gasteiger partial charge is 0.493 e. The van der Waals surface area contributed by atoms with Crippen molar-refractivity contribution in [2.24, 2.45) is 5.92 Å². The quantitative estimate of drug-likeness (QED) is 0.606. The predicted octanol–water partition coefficient (Wildman–Crippen LogP) is 4.18. The van der Waals surface area contributed by atoms with Gasteiger partial charge in [0.15, 0.2) is 23.0 Å². The molecule has 2 heterocycles. The molecule has 0 radical (unpaired) electrons. The lowest BCUT2D eigenvalue weighted by molar-refractivity contribution is 0.0463. The zero-order valence-corrected chi connectivity index (χ0v) is 19.4. The number of para-hydroxylation sites is 1. The van der Waals surface area contributed by atoms with Crippen molar-refractivity contribution in [2.75, 3.05) is 33.8 Å². The van der Waals surface area contributed by atoms with E-state index in [0.717, 1.165) is 44.0 Å². The van der Waals surface area contributed by atoms with Gasteiger partial charge in [0.1, 0.15) is 5.69 Å². The summed E-state index contributed by atoms with van der Waals surface area (Å²) in [4.78, 5) is 16.5. The third kappa shape index (κ3) is 5.01. The fourth-order valence-electron chi connectivity index (χ4n) is 4.54. The number of hydrogen-bond donors (Lipinski definition) is 0. The molecule has 4 rings (SSSR count). The number of benzene rings is 1. The van der Waals surface area contributed by atoms with Crippen LogP contribution in [0.4, 0.5) is 4.79 Å². The van der Waals surface area contributed by atoms with E-state index in [9.17, 15) is 4.79 Å². The van der Waals surface area contributed by atoms with Crippen molar-refractivity contribution in [1.82, 2.24) is 15.0 Å². The predicted molar refractivity (Wildman–Crippen MR) is 119 cm³/mol. The van der Waals surface area contributed by atoms with E-state index in [0.29, 0.717) is 29.7 Å². The minimum absolute atomic E-state index is 0.128. The first-order chi connectivity index (χ1) is 15.4. The van der Waals surface area contributed by atoms with Crippen LogP contribution in [0.1, 0.15) is 42.7 Å². The third-order valence-electron chi connectivity index (χ3n) is 6.34. The summed E-state index contributed by atoms with van der Waals surface area (Å²) < 4.78 is 22.5. The van der Waals surface area contributed by atoms with Crippen molar-refractivity contribution in [3.63, 3.8) is 0 Å². The van der Waals surface area contributed by atoms with E-state index in [1.165, 1.54) is 18.4 Å². The third-order valence-corrected chi connectivity index (χ3v) is 6.34. The summed E-state index contributed by atoms with van der Waals surface area (Å²) >= 11 is 0. The number of methoxy groups -OCH3 is 1. The van der Waals surface area contributed by atoms with Crippen LogP contribution in [-0.4, -0.2) is 60.9 Å². The molecule has 2 fully saturated rings. The highest BCUT2D eigenvalue weighted by molar-refractivity contribution is 5.70. The fourth-order valence-corrected chi connectivity index (χ4v) is 4.54. The second kappa shape index (κ2) is 9.81. The van der Waals surface area contributed by atoms with Crippen LogP contribution in [-0.2, 0) is 6.54 Å². The summed E-state index contributed by atoms with van der Waals surface area (Å²) in [5.41, 5.74) is 1.74. The first-order valence-electron chi connectivity index (χ1n) is 11.3. The standard InChI is InChI=1S/C24H33N3O5/c1-16-22(17(2)32-25-16)31-24(28)26(3)14-18-12-20(13-18)30-21-9-7-8-19(23(21)29-4)15-27-10-5-6-11-27/h7-9,18,20H,5-6,10-15H2,1-4H3. The van der Waals surface area contributed by atoms with Gasteiger partial charge in [-0.2, -0.15) is 0 Å². The van der Waals surface area contributed by atoms with Crippen LogP contribution >= 0.6 is 0 Å². The van der Waals surface area contributed by atoms with Crippen LogP contribution in [0.2, 0.25) is 0 Å². The molecule has 0 spiro atoms. The van der Waals surface area contributed by atoms with E-state index < -0.39 is 6.09 Å². The summed E-state index contributed by atoms with van der Waals surface area (Å²) in [6.07, 6.45) is 4.04. The van der Waals surface area contributed by atoms with Crippen LogP contribution in [0.3, 0.4) is 0 Å². The molecule has 32 heavy (non-hydrogen) atoms. The first kappa shape index (κ1) is 22.5. The number of likely N-dealkylation sites (tertiary alicyclic amines) is 1. The Morgan fingerprint density at radius 2 is 1.97 bits per heavy atom. The number of carbonyl (C=O) groups excluding carboxylic acids is 1. The molecule has 8 heteroatoms. The summed E-state index contributed by atoms with van der Waals surface area (Å²) in [6.45, 7) is 7.28. The lowest BCUT2D eigenvalue weighted by atomic mass is 9.82. The first-order valence-corrected chi connectivity index (χ1v) is 11.3. The maximum Gasteiger partial charge on any atom is 0.415 e. The Morgan fingerprint density at radius 1 is 1.22 bits per heavy atom. The lowest BCUT2D eigenvalue weighted by Gasteiger charge is -2.37. The summed E-state index contributed by atoms with van der Waals surface area (Å²) in [6, 6.07) is 6.14. The number of carbonyl (C=O) groups is 1. The number of aryl methyl sites for hydroxylation is 2. The van der Waals surface area contributed by atoms with Gasteiger partial charge in [-0.05, 0) is 57.7 Å². The van der Waals surface area contributed by atoms with E-state index in [2.05, 4.69) is 16.1 Å². The van der Waals surface area contributed by atoms with E-state index in [4.69, 9.17) is 18.7 Å². The van der Waals surface area contributed by atoms with E-state index in [-0.39, 0.29) is 6.10 Å². The molecule has 0 unspecified atom stereocenters. The van der Waals surface area contributed by atoms with Gasteiger partial charge in [-0.3, -0.25) is 4.90 Å². The molecule has 0 bridgehead atoms. The van der Waals surface area contributed by atoms with Crippen molar-refractivity contribution in [1.29, 1.82) is 0 Å². The molecule has 1 saturated heterocycles. The van der Waals surface area contributed by atoms with Gasteiger partial charge in [-0.15, -0.1) is 0 Å². The van der Waals surface area contributed by atoms with Crippen molar-refractivity contribution < 1.29 is 23.5 Å². The molecule has 2 aliphatic rings. The number of rotatable bonds is 8. The highest BCUT2D eigenvalue weighted by Crippen LogP contribution is 2.38. The molecule has 1 aromatic carbocycles. The van der Waals surface area contributed by atoms with Crippen molar-refractivity contribution in [3.05, 3.63) is 35.2 Å². The Labute approximate surface area is 189 Å². The Morgan fingerprint density at radius 3 is 2.62 bits per heavy atom. The van der Waals surface area contributed by atoms with Gasteiger partial charge in [0.25, 0.3) is 0 Å². The van der Waals surface area contributed by atoms with Gasteiger partial charge < -0.3 is 23.6 Å². The molecular weight excluding hydrogens is 410 g/mol. The second-order valence-corrected chi connectivity index (χ2v) is 8.91. The molecule has 0 N–H and O–H groups in total. The van der Waals surface area contributed by atoms with Gasteiger partial charge in [0, 0.05) is 32.6 Å². The van der Waals surface area contributed by atoms with Crippen LogP contribution < -0.4 is 14.2 Å². The lowest BCUT2D eigenvalue weighted by Crippen LogP contribution is -2.42. The Bertz CT molecular complexity index is 912. The highest BCUT2D eigenvalue weighted by Gasteiger charge is 2.34. The molecule has 8 nitrogen and oxygen atoms in total. The average Bonchev–Trinajstić information content (AvgIpc) is 3.37. The zero-order valence-electron chi connectivity index (χ0n) is 19.4. The average molecular weight is 444 g/mol. The molecule has 1 aliphatic heterocycles. The number of amides is 1. The minimum Gasteiger partial charge on any atom is -0.493 e. The Hall–Kier alpha value is -2.74. The Kier molecular flexibility index (Phi) is 6.89. The van der Waals surface area contributed by atoms with Gasteiger partial charge in [-0.1, -0.05) is 17.3 Å². The summed E-state index contributed by atoms with van der Waals surface area (Å²) in [5, 5.41) is 3.82. The minimum atomic E-state index is -0.403. The molecular formula is C24H33N3O5. The van der Waals surface area contributed by atoms with Gasteiger partial charge in [-0.25, -0.2) is 4.79 Å². The van der Waals surface area contributed by atoms with Crippen LogP contribution in [0.15, 0.2) is 22.7 Å². The fraction of sp³-hybridized carbons (Fsp3) is 0.583. The second-order valence-electron chi connectivity index (χ2n) is 8.91. The van der Waals surface area contributed by atoms with Crippen LogP contribution in [0.5, 0.6) is 17.2 Å². The zero-order chi connectivity index (χ0) is 22.7. The summed E-state index contributed by atoms with van der Waals surface area (Å²) in [7, 11) is 3.46. The molecule has 1 aliphatic carbocycles. The number of nitrogens with zero attached hydrogens (tertiary/aromatic N) is 3. The van der Waals surface area contributed by atoms with Gasteiger partial charge in [0.2, 0.25) is 0 Å². The van der Waals surface area contributed by atoms with Crippen LogP contribution in [0.25, 0.3) is 0 Å². The number of aromatic nitrogens is 1. The number of ether oxygens (including phenoxy) is 3. The molecule has 0 atom stereocenters. The van der Waals surface area contributed by atoms with Crippen LogP contribution in [0, 0.1) is 19.8 Å². The molecule has 1 saturated carbocycles. The van der Waals surface area contributed by atoms with Crippen molar-refractivity contribution in [3.8, 4) is 17.2 Å².